The number of amides is 2. The van der Waals surface area contributed by atoms with Crippen LogP contribution in [-0.2, 0) is 13.5 Å². The minimum Gasteiger partial charge on any atom is -0.383 e. The minimum atomic E-state index is -0.532. The molecule has 2 aromatic rings. The number of rotatable bonds is 8. The number of nitrogens with one attached hydrogen (secondary N) is 2. The second-order valence-electron chi connectivity index (χ2n) is 5.77. The van der Waals surface area contributed by atoms with E-state index in [2.05, 4.69) is 20.7 Å². The summed E-state index contributed by atoms with van der Waals surface area (Å²) in [5.41, 5.74) is 8.20. The van der Waals surface area contributed by atoms with E-state index in [1.807, 2.05) is 13.8 Å². The number of benzene rings is 1. The third-order valence-corrected chi connectivity index (χ3v) is 3.73. The number of carbonyl (C=O) groups is 2. The molecular formula is C18H24N6O2. The normalized spacial score (nSPS) is 10.9. The Bertz CT molecular complexity index is 825. The Morgan fingerprint density at radius 2 is 2.12 bits per heavy atom. The van der Waals surface area contributed by atoms with Gasteiger partial charge in [0.1, 0.15) is 0 Å². The first kappa shape index (κ1) is 19.2. The highest BCUT2D eigenvalue weighted by Gasteiger charge is 2.13. The van der Waals surface area contributed by atoms with Crippen molar-refractivity contribution in [3.05, 3.63) is 41.2 Å². The number of nitrogens with two attached hydrogens (primary N) is 1. The van der Waals surface area contributed by atoms with Crippen molar-refractivity contribution in [2.75, 3.05) is 11.9 Å². The zero-order valence-corrected chi connectivity index (χ0v) is 15.2. The minimum absolute atomic E-state index is 0.284. The fourth-order valence-electron chi connectivity index (χ4n) is 2.42. The summed E-state index contributed by atoms with van der Waals surface area (Å²) in [7, 11) is 1.77. The van der Waals surface area contributed by atoms with E-state index in [9.17, 15) is 9.59 Å². The van der Waals surface area contributed by atoms with Crippen LogP contribution < -0.4 is 16.4 Å². The van der Waals surface area contributed by atoms with Crippen LogP contribution in [0.3, 0.4) is 0 Å². The zero-order chi connectivity index (χ0) is 19.1. The molecule has 0 bridgehead atoms. The van der Waals surface area contributed by atoms with E-state index in [1.54, 1.807) is 36.1 Å². The van der Waals surface area contributed by atoms with Crippen molar-refractivity contribution < 1.29 is 9.59 Å². The number of primary amides is 1. The van der Waals surface area contributed by atoms with Crippen LogP contribution >= 0.6 is 0 Å². The summed E-state index contributed by atoms with van der Waals surface area (Å²) in [6.07, 6.45) is 4.58. The van der Waals surface area contributed by atoms with E-state index in [1.165, 1.54) is 6.34 Å². The number of aliphatic imine (C=N–C) groups is 1. The summed E-state index contributed by atoms with van der Waals surface area (Å²) in [4.78, 5) is 28.0. The largest absolute Gasteiger partial charge is 0.383 e. The Labute approximate surface area is 152 Å². The molecule has 0 radical (unpaired) electrons. The predicted octanol–water partition coefficient (Wildman–Crippen LogP) is 1.99. The summed E-state index contributed by atoms with van der Waals surface area (Å²) in [5.74, 6) is -0.816. The summed E-state index contributed by atoms with van der Waals surface area (Å²) in [6, 6.07) is 4.98. The first-order chi connectivity index (χ1) is 12.5. The van der Waals surface area contributed by atoms with Gasteiger partial charge in [-0.25, -0.2) is 4.99 Å². The average molecular weight is 356 g/mol. The molecule has 0 aliphatic rings. The fraction of sp³-hybridized carbons (Fsp3) is 0.333. The quantitative estimate of drug-likeness (QED) is 0.495. The highest BCUT2D eigenvalue weighted by Crippen LogP contribution is 2.26. The van der Waals surface area contributed by atoms with E-state index >= 15 is 0 Å². The highest BCUT2D eigenvalue weighted by atomic mass is 16.2. The van der Waals surface area contributed by atoms with E-state index < -0.39 is 5.91 Å². The van der Waals surface area contributed by atoms with Gasteiger partial charge in [-0.05, 0) is 31.0 Å². The first-order valence-electron chi connectivity index (χ1n) is 8.49. The van der Waals surface area contributed by atoms with Gasteiger partial charge in [-0.15, -0.1) is 0 Å². The summed E-state index contributed by atoms with van der Waals surface area (Å²) in [5, 5.41) is 10.1. The molecule has 2 rings (SSSR count). The third kappa shape index (κ3) is 4.69. The molecule has 0 saturated heterocycles. The highest BCUT2D eigenvalue weighted by molar-refractivity contribution is 6.02. The van der Waals surface area contributed by atoms with Crippen molar-refractivity contribution in [3.63, 3.8) is 0 Å². The van der Waals surface area contributed by atoms with Gasteiger partial charge < -0.3 is 16.4 Å². The van der Waals surface area contributed by atoms with Gasteiger partial charge in [0.15, 0.2) is 0 Å². The molecule has 0 aliphatic heterocycles. The maximum absolute atomic E-state index is 12.3. The van der Waals surface area contributed by atoms with E-state index in [0.717, 1.165) is 24.3 Å². The number of aromatic nitrogens is 2. The maximum atomic E-state index is 12.3. The Hall–Kier alpha value is -3.16. The van der Waals surface area contributed by atoms with Gasteiger partial charge in [-0.1, -0.05) is 13.8 Å². The topological polar surface area (TPSA) is 114 Å². The second-order valence-corrected chi connectivity index (χ2v) is 5.77. The molecule has 0 aliphatic carbocycles. The lowest BCUT2D eigenvalue weighted by Gasteiger charge is -2.09. The summed E-state index contributed by atoms with van der Waals surface area (Å²) < 4.78 is 1.61. The average Bonchev–Trinajstić information content (AvgIpc) is 3.01. The molecule has 8 heteroatoms. The number of aryl methyl sites for hydroxylation is 2. The van der Waals surface area contributed by atoms with E-state index in [4.69, 9.17) is 5.73 Å². The summed E-state index contributed by atoms with van der Waals surface area (Å²) in [6.45, 7) is 4.75. The first-order valence-corrected chi connectivity index (χ1v) is 8.49. The van der Waals surface area contributed by atoms with Gasteiger partial charge in [0, 0.05) is 25.4 Å². The smallest absolute Gasteiger partial charge is 0.259 e. The predicted molar refractivity (Wildman–Crippen MR) is 102 cm³/mol. The second kappa shape index (κ2) is 8.80. The Kier molecular flexibility index (Phi) is 6.48. The molecule has 0 spiro atoms. The maximum Gasteiger partial charge on any atom is 0.259 e. The Morgan fingerprint density at radius 1 is 1.35 bits per heavy atom. The molecule has 0 fully saturated rings. The lowest BCUT2D eigenvalue weighted by Crippen LogP contribution is -2.22. The Morgan fingerprint density at radius 3 is 2.77 bits per heavy atom. The van der Waals surface area contributed by atoms with Crippen LogP contribution in [0.1, 0.15) is 46.7 Å². The van der Waals surface area contributed by atoms with Gasteiger partial charge in [0.2, 0.25) is 5.91 Å². The van der Waals surface area contributed by atoms with Crippen LogP contribution in [0, 0.1) is 0 Å². The van der Waals surface area contributed by atoms with Crippen molar-refractivity contribution >= 4 is 29.5 Å². The molecule has 8 nitrogen and oxygen atoms in total. The molecule has 0 unspecified atom stereocenters. The molecule has 26 heavy (non-hydrogen) atoms. The number of anilines is 1. The van der Waals surface area contributed by atoms with Crippen LogP contribution in [0.25, 0.3) is 0 Å². The van der Waals surface area contributed by atoms with Crippen molar-refractivity contribution in [3.8, 4) is 0 Å². The van der Waals surface area contributed by atoms with Gasteiger partial charge in [-0.3, -0.25) is 14.3 Å². The van der Waals surface area contributed by atoms with Crippen molar-refractivity contribution in [1.82, 2.24) is 15.1 Å². The molecule has 1 aromatic heterocycles. The number of nitrogens with zero attached hydrogens (tertiary/aromatic N) is 3. The summed E-state index contributed by atoms with van der Waals surface area (Å²) >= 11 is 0. The van der Waals surface area contributed by atoms with Gasteiger partial charge in [0.05, 0.1) is 29.0 Å². The standard InChI is InChI=1S/C18H24N6O2/c1-4-8-20-15-7-6-12(17(19)25)9-16(15)21-11-22-18(26)13-10-24(3)23-14(13)5-2/h6-7,9-11,20H,4-5,8H2,1-3H3,(H2,19,25)(H,21,22,26). The molecule has 138 valence electrons. The Balaban J connectivity index is 2.18. The van der Waals surface area contributed by atoms with E-state index in [-0.39, 0.29) is 5.91 Å². The van der Waals surface area contributed by atoms with Crippen molar-refractivity contribution in [1.29, 1.82) is 0 Å². The molecule has 1 aromatic carbocycles. The molecule has 1 heterocycles. The number of carbonyl (C=O) groups excluding carboxylic acids is 2. The number of hydrogen-bond acceptors (Lipinski definition) is 5. The van der Waals surface area contributed by atoms with Crippen molar-refractivity contribution in [2.45, 2.75) is 26.7 Å². The third-order valence-electron chi connectivity index (χ3n) is 3.73. The lowest BCUT2D eigenvalue weighted by atomic mass is 10.1. The van der Waals surface area contributed by atoms with Crippen LogP contribution in [0.15, 0.2) is 29.4 Å². The van der Waals surface area contributed by atoms with Crippen LogP contribution in [0.4, 0.5) is 11.4 Å². The van der Waals surface area contributed by atoms with Crippen LogP contribution in [0.2, 0.25) is 0 Å². The SMILES string of the molecule is CCCNc1ccc(C(N)=O)cc1/N=C/NC(=O)c1cn(C)nc1CC. The molecule has 2 amide bonds. The monoisotopic (exact) mass is 356 g/mol. The lowest BCUT2D eigenvalue weighted by molar-refractivity contribution is 0.0974. The molecule has 4 N–H and O–H groups in total. The number of hydrogen-bond donors (Lipinski definition) is 3. The van der Waals surface area contributed by atoms with Crippen LogP contribution in [0.5, 0.6) is 0 Å². The molecule has 0 saturated carbocycles. The zero-order valence-electron chi connectivity index (χ0n) is 15.2. The molecular weight excluding hydrogens is 332 g/mol. The van der Waals surface area contributed by atoms with Gasteiger partial charge in [0.25, 0.3) is 5.91 Å². The van der Waals surface area contributed by atoms with Gasteiger partial charge in [-0.2, -0.15) is 5.10 Å². The van der Waals surface area contributed by atoms with Gasteiger partial charge >= 0.3 is 0 Å². The molecule has 0 atom stereocenters. The van der Waals surface area contributed by atoms with Crippen LogP contribution in [-0.4, -0.2) is 34.5 Å². The van der Waals surface area contributed by atoms with E-state index in [0.29, 0.717) is 23.2 Å². The fourth-order valence-corrected chi connectivity index (χ4v) is 2.42. The van der Waals surface area contributed by atoms with Crippen molar-refractivity contribution in [2.24, 2.45) is 17.8 Å².